The van der Waals surface area contributed by atoms with Crippen molar-refractivity contribution in [2.24, 2.45) is 5.92 Å². The van der Waals surface area contributed by atoms with Crippen molar-refractivity contribution in [3.05, 3.63) is 35.9 Å². The summed E-state index contributed by atoms with van der Waals surface area (Å²) in [6.45, 7) is 2.23. The fourth-order valence-electron chi connectivity index (χ4n) is 2.94. The van der Waals surface area contributed by atoms with Crippen molar-refractivity contribution in [3.63, 3.8) is 0 Å². The van der Waals surface area contributed by atoms with Crippen molar-refractivity contribution in [2.75, 3.05) is 0 Å². The van der Waals surface area contributed by atoms with Gasteiger partial charge >= 0.3 is 0 Å². The lowest BCUT2D eigenvalue weighted by molar-refractivity contribution is -0.121. The van der Waals surface area contributed by atoms with Gasteiger partial charge in [-0.1, -0.05) is 37.3 Å². The molecule has 0 aliphatic heterocycles. The van der Waals surface area contributed by atoms with Gasteiger partial charge in [0.1, 0.15) is 5.78 Å². The molecule has 0 N–H and O–H groups in total. The number of carbonyl (C=O) groups is 1. The Hall–Kier alpha value is -1.11. The van der Waals surface area contributed by atoms with E-state index in [4.69, 9.17) is 0 Å². The Morgan fingerprint density at radius 2 is 2.06 bits per heavy atom. The smallest absolute Gasteiger partial charge is 0.133 e. The summed E-state index contributed by atoms with van der Waals surface area (Å²) in [5.74, 6) is 1.62. The first-order chi connectivity index (χ1) is 7.81. The van der Waals surface area contributed by atoms with Gasteiger partial charge in [0.05, 0.1) is 0 Å². The summed E-state index contributed by atoms with van der Waals surface area (Å²) in [4.78, 5) is 11.5. The molecule has 0 saturated heterocycles. The molecule has 1 nitrogen and oxygen atoms in total. The number of hydrogen-bond donors (Lipinski definition) is 0. The first-order valence-electron chi connectivity index (χ1n) is 6.38. The number of hydrogen-bond acceptors (Lipinski definition) is 1. The van der Waals surface area contributed by atoms with Gasteiger partial charge in [-0.25, -0.2) is 0 Å². The SMILES string of the molecule is CCC(c1ccccc1)C1CCCC(=O)C1. The number of ketones is 1. The quantitative estimate of drug-likeness (QED) is 0.748. The minimum atomic E-state index is 0.464. The van der Waals surface area contributed by atoms with Crippen LogP contribution in [0.5, 0.6) is 0 Å². The molecule has 1 saturated carbocycles. The van der Waals surface area contributed by atoms with Crippen molar-refractivity contribution in [2.45, 2.75) is 44.9 Å². The Labute approximate surface area is 97.9 Å². The molecular weight excluding hydrogens is 196 g/mol. The van der Waals surface area contributed by atoms with Gasteiger partial charge in [0.25, 0.3) is 0 Å². The maximum absolute atomic E-state index is 11.5. The molecule has 2 atom stereocenters. The minimum absolute atomic E-state index is 0.464. The second-order valence-corrected chi connectivity index (χ2v) is 4.82. The van der Waals surface area contributed by atoms with Gasteiger partial charge in [-0.3, -0.25) is 4.79 Å². The van der Waals surface area contributed by atoms with Gasteiger partial charge in [0, 0.05) is 12.8 Å². The average molecular weight is 216 g/mol. The van der Waals surface area contributed by atoms with E-state index in [-0.39, 0.29) is 0 Å². The Balaban J connectivity index is 2.13. The van der Waals surface area contributed by atoms with Crippen LogP contribution in [0.4, 0.5) is 0 Å². The maximum Gasteiger partial charge on any atom is 0.133 e. The van der Waals surface area contributed by atoms with Gasteiger partial charge in [-0.2, -0.15) is 0 Å². The van der Waals surface area contributed by atoms with Crippen LogP contribution in [-0.4, -0.2) is 5.78 Å². The van der Waals surface area contributed by atoms with Gasteiger partial charge in [0.2, 0.25) is 0 Å². The monoisotopic (exact) mass is 216 g/mol. The molecule has 0 heterocycles. The predicted molar refractivity (Wildman–Crippen MR) is 66.4 cm³/mol. The molecule has 1 aromatic rings. The molecule has 1 fully saturated rings. The third kappa shape index (κ3) is 2.52. The number of Topliss-reactive ketones (excluding diaryl/α,β-unsaturated/α-hetero) is 1. The standard InChI is InChI=1S/C15H20O/c1-2-15(12-7-4-3-5-8-12)13-9-6-10-14(16)11-13/h3-5,7-8,13,15H,2,6,9-11H2,1H3. The van der Waals surface area contributed by atoms with Crippen LogP contribution in [0.2, 0.25) is 0 Å². The van der Waals surface area contributed by atoms with E-state index in [9.17, 15) is 4.79 Å². The van der Waals surface area contributed by atoms with Crippen LogP contribution in [0, 0.1) is 5.92 Å². The lowest BCUT2D eigenvalue weighted by Crippen LogP contribution is -2.21. The molecule has 1 aromatic carbocycles. The molecule has 2 rings (SSSR count). The Morgan fingerprint density at radius 3 is 2.69 bits per heavy atom. The van der Waals surface area contributed by atoms with Crippen LogP contribution >= 0.6 is 0 Å². The third-order valence-corrected chi connectivity index (χ3v) is 3.76. The minimum Gasteiger partial charge on any atom is -0.300 e. The molecule has 0 aromatic heterocycles. The lowest BCUT2D eigenvalue weighted by Gasteiger charge is -2.29. The fourth-order valence-corrected chi connectivity index (χ4v) is 2.94. The Bertz CT molecular complexity index is 342. The molecule has 0 radical (unpaired) electrons. The summed E-state index contributed by atoms with van der Waals surface area (Å²) < 4.78 is 0. The summed E-state index contributed by atoms with van der Waals surface area (Å²) >= 11 is 0. The highest BCUT2D eigenvalue weighted by atomic mass is 16.1. The van der Waals surface area contributed by atoms with Crippen LogP contribution in [-0.2, 0) is 4.79 Å². The second-order valence-electron chi connectivity index (χ2n) is 4.82. The summed E-state index contributed by atoms with van der Waals surface area (Å²) in [5.41, 5.74) is 1.41. The number of rotatable bonds is 3. The summed E-state index contributed by atoms with van der Waals surface area (Å²) in [6.07, 6.45) is 5.06. The van der Waals surface area contributed by atoms with E-state index in [1.54, 1.807) is 0 Å². The molecule has 0 bridgehead atoms. The van der Waals surface area contributed by atoms with Crippen LogP contribution < -0.4 is 0 Å². The fraction of sp³-hybridized carbons (Fsp3) is 0.533. The molecule has 1 aliphatic carbocycles. The second kappa shape index (κ2) is 5.29. The molecule has 0 spiro atoms. The normalized spacial score (nSPS) is 23.1. The van der Waals surface area contributed by atoms with Crippen molar-refractivity contribution in [1.29, 1.82) is 0 Å². The topological polar surface area (TPSA) is 17.1 Å². The first kappa shape index (κ1) is 11.4. The van der Waals surface area contributed by atoms with Crippen LogP contribution in [0.3, 0.4) is 0 Å². The molecule has 1 aliphatic rings. The zero-order valence-corrected chi connectivity index (χ0v) is 9.99. The van der Waals surface area contributed by atoms with E-state index in [0.717, 1.165) is 25.7 Å². The van der Waals surface area contributed by atoms with Crippen molar-refractivity contribution < 1.29 is 4.79 Å². The molecule has 0 amide bonds. The summed E-state index contributed by atoms with van der Waals surface area (Å²) in [6, 6.07) is 10.7. The highest BCUT2D eigenvalue weighted by molar-refractivity contribution is 5.79. The summed E-state index contributed by atoms with van der Waals surface area (Å²) in [5, 5.41) is 0. The Kier molecular flexibility index (Phi) is 3.76. The third-order valence-electron chi connectivity index (χ3n) is 3.76. The molecule has 86 valence electrons. The van der Waals surface area contributed by atoms with E-state index >= 15 is 0 Å². The van der Waals surface area contributed by atoms with E-state index < -0.39 is 0 Å². The van der Waals surface area contributed by atoms with Gasteiger partial charge in [-0.05, 0) is 36.7 Å². The van der Waals surface area contributed by atoms with Gasteiger partial charge < -0.3 is 0 Å². The van der Waals surface area contributed by atoms with E-state index in [2.05, 4.69) is 37.3 Å². The largest absolute Gasteiger partial charge is 0.300 e. The summed E-state index contributed by atoms with van der Waals surface area (Å²) in [7, 11) is 0. The highest BCUT2D eigenvalue weighted by Crippen LogP contribution is 2.36. The van der Waals surface area contributed by atoms with Crippen LogP contribution in [0.25, 0.3) is 0 Å². The van der Waals surface area contributed by atoms with Crippen LogP contribution in [0.1, 0.15) is 50.5 Å². The van der Waals surface area contributed by atoms with Crippen molar-refractivity contribution in [3.8, 4) is 0 Å². The van der Waals surface area contributed by atoms with Gasteiger partial charge in [0.15, 0.2) is 0 Å². The Morgan fingerprint density at radius 1 is 1.31 bits per heavy atom. The van der Waals surface area contributed by atoms with E-state index in [0.29, 0.717) is 17.6 Å². The van der Waals surface area contributed by atoms with E-state index in [1.807, 2.05) is 0 Å². The van der Waals surface area contributed by atoms with E-state index in [1.165, 1.54) is 12.0 Å². The first-order valence-corrected chi connectivity index (χ1v) is 6.38. The number of carbonyl (C=O) groups excluding carboxylic acids is 1. The molecule has 16 heavy (non-hydrogen) atoms. The lowest BCUT2D eigenvalue weighted by atomic mass is 9.75. The molecule has 1 heteroatoms. The molecule has 2 unspecified atom stereocenters. The van der Waals surface area contributed by atoms with Crippen LogP contribution in [0.15, 0.2) is 30.3 Å². The molecular formula is C15H20O. The van der Waals surface area contributed by atoms with Crippen molar-refractivity contribution >= 4 is 5.78 Å². The average Bonchev–Trinajstić information content (AvgIpc) is 2.31. The van der Waals surface area contributed by atoms with Gasteiger partial charge in [-0.15, -0.1) is 0 Å². The zero-order valence-electron chi connectivity index (χ0n) is 9.99. The zero-order chi connectivity index (χ0) is 11.4. The maximum atomic E-state index is 11.5. The highest BCUT2D eigenvalue weighted by Gasteiger charge is 2.26. The predicted octanol–water partition coefficient (Wildman–Crippen LogP) is 3.94. The number of benzene rings is 1. The van der Waals surface area contributed by atoms with Crippen molar-refractivity contribution in [1.82, 2.24) is 0 Å².